The van der Waals surface area contributed by atoms with Crippen molar-refractivity contribution < 1.29 is 13.9 Å². The van der Waals surface area contributed by atoms with Crippen LogP contribution in [-0.2, 0) is 11.3 Å². The molecule has 0 aliphatic heterocycles. The molecule has 2 aromatic carbocycles. The smallest absolute Gasteiger partial charge is 0.338 e. The Hall–Kier alpha value is -2.87. The number of ether oxygens (including phenoxy) is 1. The standard InChI is InChI=1S/C16H13FN2O2/c1-10-4-12(7-14(19)5-10)16(20)21-9-11-2-3-15(17)13(6-11)8-18/h2-7H,9,19H2,1H3. The molecule has 4 nitrogen and oxygen atoms in total. The number of rotatable bonds is 3. The fourth-order valence-electron chi connectivity index (χ4n) is 1.91. The van der Waals surface area contributed by atoms with Crippen LogP contribution in [0.2, 0.25) is 0 Å². The van der Waals surface area contributed by atoms with Crippen LogP contribution in [0.15, 0.2) is 36.4 Å². The summed E-state index contributed by atoms with van der Waals surface area (Å²) in [6.45, 7) is 1.79. The number of nitrogen functional groups attached to an aromatic ring is 1. The van der Waals surface area contributed by atoms with Crippen LogP contribution in [0.4, 0.5) is 10.1 Å². The van der Waals surface area contributed by atoms with Gasteiger partial charge in [0.25, 0.3) is 0 Å². The van der Waals surface area contributed by atoms with Crippen LogP contribution < -0.4 is 5.73 Å². The minimum absolute atomic E-state index is 0.0400. The van der Waals surface area contributed by atoms with Crippen LogP contribution >= 0.6 is 0 Å². The van der Waals surface area contributed by atoms with Crippen LogP contribution in [0.25, 0.3) is 0 Å². The minimum Gasteiger partial charge on any atom is -0.457 e. The van der Waals surface area contributed by atoms with Crippen molar-refractivity contribution in [2.75, 3.05) is 5.73 Å². The first kappa shape index (κ1) is 14.5. The molecule has 0 fully saturated rings. The summed E-state index contributed by atoms with van der Waals surface area (Å²) in [6, 6.07) is 10.7. The molecule has 0 saturated heterocycles. The average Bonchev–Trinajstić information content (AvgIpc) is 2.45. The Morgan fingerprint density at radius 2 is 2.10 bits per heavy atom. The van der Waals surface area contributed by atoms with Crippen molar-refractivity contribution in [2.45, 2.75) is 13.5 Å². The topological polar surface area (TPSA) is 76.1 Å². The Kier molecular flexibility index (Phi) is 4.19. The highest BCUT2D eigenvalue weighted by Gasteiger charge is 2.10. The van der Waals surface area contributed by atoms with E-state index in [9.17, 15) is 9.18 Å². The maximum absolute atomic E-state index is 13.2. The van der Waals surface area contributed by atoms with Gasteiger partial charge in [-0.2, -0.15) is 5.26 Å². The van der Waals surface area contributed by atoms with Gasteiger partial charge in [0, 0.05) is 5.69 Å². The van der Waals surface area contributed by atoms with Crippen molar-refractivity contribution in [3.63, 3.8) is 0 Å². The lowest BCUT2D eigenvalue weighted by molar-refractivity contribution is 0.0472. The molecule has 0 aromatic heterocycles. The summed E-state index contributed by atoms with van der Waals surface area (Å²) in [4.78, 5) is 11.9. The molecule has 0 aliphatic carbocycles. The molecule has 21 heavy (non-hydrogen) atoms. The molecule has 5 heteroatoms. The van der Waals surface area contributed by atoms with Crippen LogP contribution in [0, 0.1) is 24.1 Å². The summed E-state index contributed by atoms with van der Waals surface area (Å²) in [5.74, 6) is -1.12. The third-order valence-electron chi connectivity index (χ3n) is 2.86. The summed E-state index contributed by atoms with van der Waals surface area (Å²) >= 11 is 0. The molecule has 0 unspecified atom stereocenters. The van der Waals surface area contributed by atoms with Gasteiger partial charge in [-0.1, -0.05) is 6.07 Å². The van der Waals surface area contributed by atoms with Gasteiger partial charge < -0.3 is 10.5 Å². The molecular formula is C16H13FN2O2. The number of benzene rings is 2. The lowest BCUT2D eigenvalue weighted by atomic mass is 10.1. The number of nitrogens with two attached hydrogens (primary N) is 1. The second-order valence-corrected chi connectivity index (χ2v) is 4.63. The number of hydrogen-bond acceptors (Lipinski definition) is 4. The van der Waals surface area contributed by atoms with Gasteiger partial charge in [0.2, 0.25) is 0 Å². The number of nitrogens with zero attached hydrogens (tertiary/aromatic N) is 1. The largest absolute Gasteiger partial charge is 0.457 e. The van der Waals surface area contributed by atoms with E-state index in [2.05, 4.69) is 0 Å². The highest BCUT2D eigenvalue weighted by molar-refractivity contribution is 5.90. The molecule has 0 bridgehead atoms. The molecule has 0 radical (unpaired) electrons. The lowest BCUT2D eigenvalue weighted by Crippen LogP contribution is -2.06. The first-order valence-electron chi connectivity index (χ1n) is 6.22. The van der Waals surface area contributed by atoms with Gasteiger partial charge in [0.1, 0.15) is 18.5 Å². The first-order valence-corrected chi connectivity index (χ1v) is 6.22. The number of halogens is 1. The summed E-state index contributed by atoms with van der Waals surface area (Å²) in [5.41, 5.74) is 7.83. The van der Waals surface area contributed by atoms with Gasteiger partial charge in [-0.3, -0.25) is 0 Å². The Balaban J connectivity index is 2.09. The predicted octanol–water partition coefficient (Wildman–Crippen LogP) is 2.95. The zero-order valence-electron chi connectivity index (χ0n) is 11.4. The van der Waals surface area contributed by atoms with Crippen LogP contribution in [0.5, 0.6) is 0 Å². The van der Waals surface area contributed by atoms with E-state index in [-0.39, 0.29) is 12.2 Å². The van der Waals surface area contributed by atoms with Gasteiger partial charge in [0.05, 0.1) is 11.1 Å². The predicted molar refractivity (Wildman–Crippen MR) is 75.8 cm³/mol. The van der Waals surface area contributed by atoms with Crippen molar-refractivity contribution in [2.24, 2.45) is 0 Å². The van der Waals surface area contributed by atoms with Crippen molar-refractivity contribution in [3.05, 3.63) is 64.5 Å². The number of anilines is 1. The van der Waals surface area contributed by atoms with Crippen molar-refractivity contribution in [1.82, 2.24) is 0 Å². The highest BCUT2D eigenvalue weighted by Crippen LogP contribution is 2.14. The Morgan fingerprint density at radius 1 is 1.33 bits per heavy atom. The summed E-state index contributed by atoms with van der Waals surface area (Å²) in [6.07, 6.45) is 0. The van der Waals surface area contributed by atoms with Crippen molar-refractivity contribution in [3.8, 4) is 6.07 Å². The van der Waals surface area contributed by atoms with Crippen LogP contribution in [-0.4, -0.2) is 5.97 Å². The second-order valence-electron chi connectivity index (χ2n) is 4.63. The quantitative estimate of drug-likeness (QED) is 0.694. The first-order chi connectivity index (χ1) is 9.99. The van der Waals surface area contributed by atoms with E-state index < -0.39 is 11.8 Å². The average molecular weight is 284 g/mol. The van der Waals surface area contributed by atoms with Gasteiger partial charge in [-0.15, -0.1) is 0 Å². The van der Waals surface area contributed by atoms with Gasteiger partial charge in [0.15, 0.2) is 0 Å². The molecule has 0 spiro atoms. The number of esters is 1. The van der Waals surface area contributed by atoms with Crippen molar-refractivity contribution >= 4 is 11.7 Å². The molecule has 0 amide bonds. The maximum atomic E-state index is 13.2. The van der Waals surface area contributed by atoms with Gasteiger partial charge >= 0.3 is 5.97 Å². The number of hydrogen-bond donors (Lipinski definition) is 1. The van der Waals surface area contributed by atoms with Crippen LogP contribution in [0.1, 0.15) is 27.0 Å². The maximum Gasteiger partial charge on any atom is 0.338 e. The Morgan fingerprint density at radius 3 is 2.76 bits per heavy atom. The molecular weight excluding hydrogens is 271 g/mol. The molecule has 106 valence electrons. The molecule has 0 saturated carbocycles. The van der Waals surface area contributed by atoms with E-state index in [0.29, 0.717) is 16.8 Å². The van der Waals surface area contributed by atoms with Gasteiger partial charge in [-0.05, 0) is 48.4 Å². The number of carbonyl (C=O) groups excluding carboxylic acids is 1. The number of nitriles is 1. The summed E-state index contributed by atoms with van der Waals surface area (Å²) in [5, 5.41) is 8.75. The lowest BCUT2D eigenvalue weighted by Gasteiger charge is -2.07. The SMILES string of the molecule is Cc1cc(N)cc(C(=O)OCc2ccc(F)c(C#N)c2)c1. The fraction of sp³-hybridized carbons (Fsp3) is 0.125. The molecule has 0 atom stereocenters. The molecule has 0 heterocycles. The Labute approximate surface area is 121 Å². The monoisotopic (exact) mass is 284 g/mol. The van der Waals surface area contributed by atoms with E-state index in [4.69, 9.17) is 15.7 Å². The van der Waals surface area contributed by atoms with E-state index >= 15 is 0 Å². The third kappa shape index (κ3) is 3.57. The van der Waals surface area contributed by atoms with Crippen LogP contribution in [0.3, 0.4) is 0 Å². The van der Waals surface area contributed by atoms with E-state index in [1.165, 1.54) is 24.3 Å². The zero-order valence-corrected chi connectivity index (χ0v) is 11.4. The second kappa shape index (κ2) is 6.06. The molecule has 2 aromatic rings. The minimum atomic E-state index is -0.598. The fourth-order valence-corrected chi connectivity index (χ4v) is 1.91. The number of aryl methyl sites for hydroxylation is 1. The zero-order chi connectivity index (χ0) is 15.4. The Bertz CT molecular complexity index is 715. The van der Waals surface area contributed by atoms with Crippen molar-refractivity contribution in [1.29, 1.82) is 5.26 Å². The molecule has 0 aliphatic rings. The van der Waals surface area contributed by atoms with E-state index in [0.717, 1.165) is 5.56 Å². The van der Waals surface area contributed by atoms with Gasteiger partial charge in [-0.25, -0.2) is 9.18 Å². The molecule has 2 N–H and O–H groups in total. The van der Waals surface area contributed by atoms with E-state index in [1.807, 2.05) is 6.92 Å². The molecule has 2 rings (SSSR count). The number of carbonyl (C=O) groups is 1. The normalized spacial score (nSPS) is 9.95. The van der Waals surface area contributed by atoms with E-state index in [1.54, 1.807) is 18.2 Å². The summed E-state index contributed by atoms with van der Waals surface area (Å²) in [7, 11) is 0. The highest BCUT2D eigenvalue weighted by atomic mass is 19.1. The summed E-state index contributed by atoms with van der Waals surface area (Å²) < 4.78 is 18.3. The third-order valence-corrected chi connectivity index (χ3v) is 2.86.